The Hall–Kier alpha value is -0.960. The standard InChI is InChI=1S/C8H11NO5S2/c1-5(10)7(8(11)12)9-16(13,14)6-3-2-4-15-6/h2-5,7,9-10H,1H3,(H,11,12). The van der Waals surface area contributed by atoms with Gasteiger partial charge in [0, 0.05) is 0 Å². The number of aliphatic carboxylic acids is 1. The van der Waals surface area contributed by atoms with Crippen LogP contribution in [0.2, 0.25) is 0 Å². The number of carboxylic acids is 1. The van der Waals surface area contributed by atoms with Gasteiger partial charge in [-0.1, -0.05) is 6.07 Å². The van der Waals surface area contributed by atoms with E-state index in [0.717, 1.165) is 11.3 Å². The number of hydrogen-bond donors (Lipinski definition) is 3. The number of carbonyl (C=O) groups is 1. The summed E-state index contributed by atoms with van der Waals surface area (Å²) in [6.07, 6.45) is -1.31. The summed E-state index contributed by atoms with van der Waals surface area (Å²) in [7, 11) is -3.88. The monoisotopic (exact) mass is 265 g/mol. The van der Waals surface area contributed by atoms with Crippen molar-refractivity contribution in [3.05, 3.63) is 17.5 Å². The molecule has 90 valence electrons. The van der Waals surface area contributed by atoms with Crippen molar-refractivity contribution in [3.8, 4) is 0 Å². The normalized spacial score (nSPS) is 15.6. The smallest absolute Gasteiger partial charge is 0.324 e. The number of nitrogens with one attached hydrogen (secondary N) is 1. The molecule has 0 aromatic carbocycles. The minimum atomic E-state index is -3.88. The summed E-state index contributed by atoms with van der Waals surface area (Å²) < 4.78 is 25.2. The second-order valence-corrected chi connectivity index (χ2v) is 6.00. The maximum absolute atomic E-state index is 11.6. The Kier molecular flexibility index (Phi) is 4.03. The fourth-order valence-corrected chi connectivity index (χ4v) is 3.27. The van der Waals surface area contributed by atoms with Crippen LogP contribution < -0.4 is 4.72 Å². The van der Waals surface area contributed by atoms with Crippen LogP contribution in [0.4, 0.5) is 0 Å². The van der Waals surface area contributed by atoms with E-state index < -0.39 is 28.1 Å². The van der Waals surface area contributed by atoms with Crippen LogP contribution in [0, 0.1) is 0 Å². The molecule has 3 N–H and O–H groups in total. The summed E-state index contributed by atoms with van der Waals surface area (Å²) in [5.41, 5.74) is 0. The van der Waals surface area contributed by atoms with Crippen molar-refractivity contribution in [2.45, 2.75) is 23.3 Å². The van der Waals surface area contributed by atoms with E-state index in [1.54, 1.807) is 5.38 Å². The molecule has 0 fully saturated rings. The van der Waals surface area contributed by atoms with Crippen molar-refractivity contribution < 1.29 is 23.4 Å². The first-order valence-corrected chi connectivity index (χ1v) is 6.67. The molecule has 0 bridgehead atoms. The summed E-state index contributed by atoms with van der Waals surface area (Å²) in [5, 5.41) is 19.4. The molecule has 0 saturated heterocycles. The molecular weight excluding hydrogens is 254 g/mol. The maximum atomic E-state index is 11.6. The maximum Gasteiger partial charge on any atom is 0.324 e. The van der Waals surface area contributed by atoms with Crippen LogP contribution in [-0.4, -0.2) is 36.7 Å². The Morgan fingerprint density at radius 2 is 2.19 bits per heavy atom. The summed E-state index contributed by atoms with van der Waals surface area (Å²) >= 11 is 0.970. The van der Waals surface area contributed by atoms with Gasteiger partial charge in [-0.2, -0.15) is 4.72 Å². The van der Waals surface area contributed by atoms with E-state index in [1.807, 2.05) is 4.72 Å². The molecule has 0 radical (unpaired) electrons. The number of rotatable bonds is 5. The molecular formula is C8H11NO5S2. The number of thiophene rings is 1. The average molecular weight is 265 g/mol. The quantitative estimate of drug-likeness (QED) is 0.687. The van der Waals surface area contributed by atoms with Gasteiger partial charge in [0.1, 0.15) is 10.3 Å². The Bertz CT molecular complexity index is 451. The lowest BCUT2D eigenvalue weighted by molar-refractivity contribution is -0.141. The van der Waals surface area contributed by atoms with Gasteiger partial charge in [0.25, 0.3) is 10.0 Å². The van der Waals surface area contributed by atoms with Crippen molar-refractivity contribution in [1.82, 2.24) is 4.72 Å². The Morgan fingerprint density at radius 3 is 2.56 bits per heavy atom. The van der Waals surface area contributed by atoms with Gasteiger partial charge >= 0.3 is 5.97 Å². The Balaban J connectivity index is 2.92. The summed E-state index contributed by atoms with van der Waals surface area (Å²) in [6.45, 7) is 1.20. The third-order valence-corrected chi connectivity index (χ3v) is 4.63. The van der Waals surface area contributed by atoms with Gasteiger partial charge in [-0.15, -0.1) is 11.3 Å². The largest absolute Gasteiger partial charge is 0.480 e. The fraction of sp³-hybridized carbons (Fsp3) is 0.375. The number of carboxylic acid groups (broad SMARTS) is 1. The predicted molar refractivity (Wildman–Crippen MR) is 57.7 cm³/mol. The molecule has 0 amide bonds. The van der Waals surface area contributed by atoms with Gasteiger partial charge in [0.2, 0.25) is 0 Å². The summed E-state index contributed by atoms with van der Waals surface area (Å²) in [5.74, 6) is -1.42. The SMILES string of the molecule is CC(O)C(NS(=O)(=O)c1cccs1)C(=O)O. The van der Waals surface area contributed by atoms with E-state index in [1.165, 1.54) is 19.1 Å². The highest BCUT2D eigenvalue weighted by molar-refractivity contribution is 7.91. The molecule has 2 unspecified atom stereocenters. The third-order valence-electron chi connectivity index (χ3n) is 1.79. The topological polar surface area (TPSA) is 104 Å². The van der Waals surface area contributed by atoms with Crippen molar-refractivity contribution in [3.63, 3.8) is 0 Å². The number of aliphatic hydroxyl groups is 1. The molecule has 0 spiro atoms. The fourth-order valence-electron chi connectivity index (χ4n) is 0.997. The molecule has 1 aromatic rings. The lowest BCUT2D eigenvalue weighted by Gasteiger charge is -2.16. The van der Waals surface area contributed by atoms with E-state index in [4.69, 9.17) is 10.2 Å². The molecule has 1 aromatic heterocycles. The summed E-state index contributed by atoms with van der Waals surface area (Å²) in [6, 6.07) is 1.35. The van der Waals surface area contributed by atoms with Crippen molar-refractivity contribution in [1.29, 1.82) is 0 Å². The van der Waals surface area contributed by atoms with Gasteiger partial charge in [-0.25, -0.2) is 8.42 Å². The van der Waals surface area contributed by atoms with E-state index in [9.17, 15) is 13.2 Å². The number of aliphatic hydroxyl groups excluding tert-OH is 1. The molecule has 8 heteroatoms. The van der Waals surface area contributed by atoms with Gasteiger partial charge in [-0.3, -0.25) is 4.79 Å². The highest BCUT2D eigenvalue weighted by atomic mass is 32.2. The van der Waals surface area contributed by atoms with Gasteiger partial charge < -0.3 is 10.2 Å². The molecule has 0 aliphatic heterocycles. The highest BCUT2D eigenvalue weighted by Gasteiger charge is 2.29. The molecule has 0 aliphatic carbocycles. The molecule has 16 heavy (non-hydrogen) atoms. The minimum absolute atomic E-state index is 0.0133. The zero-order valence-corrected chi connectivity index (χ0v) is 9.96. The minimum Gasteiger partial charge on any atom is -0.480 e. The molecule has 0 saturated carbocycles. The summed E-state index contributed by atoms with van der Waals surface area (Å²) in [4.78, 5) is 10.7. The van der Waals surface area contributed by atoms with Crippen molar-refractivity contribution in [2.75, 3.05) is 0 Å². The van der Waals surface area contributed by atoms with Crippen molar-refractivity contribution >= 4 is 27.3 Å². The van der Waals surface area contributed by atoms with E-state index in [-0.39, 0.29) is 4.21 Å². The Morgan fingerprint density at radius 1 is 1.56 bits per heavy atom. The van der Waals surface area contributed by atoms with E-state index >= 15 is 0 Å². The zero-order chi connectivity index (χ0) is 12.3. The number of sulfonamides is 1. The molecule has 6 nitrogen and oxygen atoms in total. The number of hydrogen-bond acceptors (Lipinski definition) is 5. The van der Waals surface area contributed by atoms with Gasteiger partial charge in [0.05, 0.1) is 6.10 Å². The predicted octanol–water partition coefficient (Wildman–Crippen LogP) is -0.140. The molecule has 1 heterocycles. The van der Waals surface area contributed by atoms with Crippen LogP contribution >= 0.6 is 11.3 Å². The third kappa shape index (κ3) is 3.01. The lowest BCUT2D eigenvalue weighted by Crippen LogP contribution is -2.47. The van der Waals surface area contributed by atoms with Crippen LogP contribution in [-0.2, 0) is 14.8 Å². The van der Waals surface area contributed by atoms with Crippen LogP contribution in [0.1, 0.15) is 6.92 Å². The average Bonchev–Trinajstić information content (AvgIpc) is 2.66. The first kappa shape index (κ1) is 13.1. The molecule has 0 aliphatic rings. The Labute approximate surface area is 96.6 Å². The highest BCUT2D eigenvalue weighted by Crippen LogP contribution is 2.16. The van der Waals surface area contributed by atoms with Crippen LogP contribution in [0.25, 0.3) is 0 Å². The molecule has 2 atom stereocenters. The van der Waals surface area contributed by atoms with Gasteiger partial charge in [0.15, 0.2) is 0 Å². The molecule has 1 rings (SSSR count). The zero-order valence-electron chi connectivity index (χ0n) is 8.32. The van der Waals surface area contributed by atoms with E-state index in [0.29, 0.717) is 0 Å². The second-order valence-electron chi connectivity index (χ2n) is 3.11. The lowest BCUT2D eigenvalue weighted by atomic mass is 10.2. The second kappa shape index (κ2) is 4.91. The van der Waals surface area contributed by atoms with E-state index in [2.05, 4.69) is 0 Å². The first-order valence-electron chi connectivity index (χ1n) is 4.31. The van der Waals surface area contributed by atoms with Crippen LogP contribution in [0.15, 0.2) is 21.7 Å². The van der Waals surface area contributed by atoms with Gasteiger partial charge in [-0.05, 0) is 18.4 Å². The van der Waals surface area contributed by atoms with Crippen LogP contribution in [0.3, 0.4) is 0 Å². The van der Waals surface area contributed by atoms with Crippen LogP contribution in [0.5, 0.6) is 0 Å². The first-order chi connectivity index (χ1) is 7.34. The van der Waals surface area contributed by atoms with Crippen molar-refractivity contribution in [2.24, 2.45) is 0 Å².